The molecule has 8 heteroatoms. The van der Waals surface area contributed by atoms with E-state index in [9.17, 15) is 0 Å². The second kappa shape index (κ2) is 20.3. The standard InChI is InChI=1S/C76H48N8/c1-9-27-47(28-10-1)59-57-45-55-43-25-26-44-56(55)46-58(57)60(48-29-11-2-12-30-48)68-67(59)75-82-73-65(53-39-21-7-22-40-53)63(51-35-17-5-18-36-51)71(80-73)78-69-61(49-31-13-3-14-32-49)62(50-33-15-4-16-34-50)70(77-69)79-72-64(52-37-19-6-20-38-52)66(54-41-23-8-24-42-54)74(81-72)83-76(68)84-75/h1-46H,(H2,77,78,79,80,81,82,83,84). The summed E-state index contributed by atoms with van der Waals surface area (Å²) in [7, 11) is 0. The van der Waals surface area contributed by atoms with Crippen LogP contribution in [0.15, 0.2) is 279 Å². The first-order chi connectivity index (χ1) is 41.7. The summed E-state index contributed by atoms with van der Waals surface area (Å²) in [5, 5.41) is 6.19. The summed E-state index contributed by atoms with van der Waals surface area (Å²) in [5.74, 6) is 1.97. The normalized spacial score (nSPS) is 12.4. The van der Waals surface area contributed by atoms with Crippen LogP contribution in [0.5, 0.6) is 0 Å². The molecule has 3 aromatic heterocycles. The minimum absolute atomic E-state index is 0.491. The van der Waals surface area contributed by atoms with E-state index >= 15 is 0 Å². The van der Waals surface area contributed by atoms with Gasteiger partial charge in [0.2, 0.25) is 0 Å². The summed E-state index contributed by atoms with van der Waals surface area (Å²) >= 11 is 0. The lowest BCUT2D eigenvalue weighted by molar-refractivity contribution is 1.10. The predicted molar refractivity (Wildman–Crippen MR) is 342 cm³/mol. The zero-order valence-corrected chi connectivity index (χ0v) is 45.2. The Balaban J connectivity index is 1.19. The van der Waals surface area contributed by atoms with Crippen LogP contribution in [0.4, 0.5) is 0 Å². The minimum atomic E-state index is 0.491. The van der Waals surface area contributed by atoms with E-state index in [1.165, 1.54) is 0 Å². The average molecular weight is 1070 g/mol. The number of nitrogens with one attached hydrogen (secondary N) is 2. The Bertz CT molecular complexity index is 4800. The largest absolute Gasteiger partial charge is 0.324 e. The molecule has 0 saturated carbocycles. The third kappa shape index (κ3) is 8.23. The van der Waals surface area contributed by atoms with Gasteiger partial charge in [0, 0.05) is 55.3 Å². The van der Waals surface area contributed by atoms with Gasteiger partial charge in [0.05, 0.1) is 0 Å². The topological polar surface area (TPSA) is 109 Å². The van der Waals surface area contributed by atoms with Gasteiger partial charge in [-0.3, -0.25) is 0 Å². The van der Waals surface area contributed by atoms with Gasteiger partial charge in [0.15, 0.2) is 23.3 Å². The maximum absolute atomic E-state index is 5.91. The molecule has 16 rings (SSSR count). The van der Waals surface area contributed by atoms with Crippen LogP contribution in [0.2, 0.25) is 0 Å². The second-order valence-electron chi connectivity index (χ2n) is 21.0. The number of aromatic amines is 2. The number of aromatic nitrogens is 8. The molecule has 8 bridgehead atoms. The van der Waals surface area contributed by atoms with E-state index in [1.807, 2.05) is 36.4 Å². The SMILES string of the molecule is c1ccc(C2=C(c3ccccc3)c3nc2nc2[nH]c(nc4nc(nc5[nH]c(n3)c3c(-c6ccccc6)c6cc7ccccc7cc6c(-c6ccccc6)c53)C(c3ccccc3)=C4c3ccccc3)c(-c3ccccc3)c2-c2ccccc2)cc1. The van der Waals surface area contributed by atoms with E-state index in [4.69, 9.17) is 29.9 Å². The highest BCUT2D eigenvalue weighted by molar-refractivity contribution is 6.30. The summed E-state index contributed by atoms with van der Waals surface area (Å²) in [6.45, 7) is 0. The molecule has 0 amide bonds. The number of fused-ring (bicyclic) bond motifs is 13. The molecular formula is C76H48N8. The van der Waals surface area contributed by atoms with Crippen molar-refractivity contribution in [3.05, 3.63) is 325 Å². The Kier molecular flexibility index (Phi) is 11.7. The molecule has 0 atom stereocenters. The van der Waals surface area contributed by atoms with Crippen LogP contribution in [0.1, 0.15) is 45.6 Å². The Morgan fingerprint density at radius 3 is 0.714 bits per heavy atom. The van der Waals surface area contributed by atoms with E-state index in [2.05, 4.69) is 253 Å². The molecule has 14 aromatic rings. The van der Waals surface area contributed by atoms with E-state index in [-0.39, 0.29) is 0 Å². The number of nitrogens with zero attached hydrogens (tertiary/aromatic N) is 6. The van der Waals surface area contributed by atoms with Crippen LogP contribution < -0.4 is 0 Å². The van der Waals surface area contributed by atoms with Crippen molar-refractivity contribution in [2.24, 2.45) is 0 Å². The quantitative estimate of drug-likeness (QED) is 0.147. The lowest BCUT2D eigenvalue weighted by atomic mass is 9.86. The highest BCUT2D eigenvalue weighted by Gasteiger charge is 2.31. The molecule has 0 radical (unpaired) electrons. The van der Waals surface area contributed by atoms with Gasteiger partial charge in [0.1, 0.15) is 22.6 Å². The molecule has 0 fully saturated rings. The molecule has 11 aromatic carbocycles. The summed E-state index contributed by atoms with van der Waals surface area (Å²) in [6, 6.07) is 97.2. The highest BCUT2D eigenvalue weighted by atomic mass is 15.1. The van der Waals surface area contributed by atoms with Crippen LogP contribution in [-0.2, 0) is 0 Å². The van der Waals surface area contributed by atoms with Crippen molar-refractivity contribution >= 4 is 77.2 Å². The number of H-pyrrole nitrogens is 2. The minimum Gasteiger partial charge on any atom is -0.324 e. The van der Waals surface area contributed by atoms with Crippen molar-refractivity contribution in [2.75, 3.05) is 0 Å². The zero-order valence-electron chi connectivity index (χ0n) is 45.2. The average Bonchev–Trinajstić information content (AvgIpc) is 3.89. The smallest absolute Gasteiger partial charge is 0.165 e. The van der Waals surface area contributed by atoms with Gasteiger partial charge < -0.3 is 9.97 Å². The number of hydrogen-bond donors (Lipinski definition) is 2. The van der Waals surface area contributed by atoms with Crippen LogP contribution in [0.25, 0.3) is 122 Å². The fourth-order valence-electron chi connectivity index (χ4n) is 12.4. The Morgan fingerprint density at radius 1 is 0.202 bits per heavy atom. The van der Waals surface area contributed by atoms with Gasteiger partial charge in [-0.15, -0.1) is 0 Å². The third-order valence-corrected chi connectivity index (χ3v) is 16.0. The first-order valence-corrected chi connectivity index (χ1v) is 28.2. The van der Waals surface area contributed by atoms with Gasteiger partial charge in [-0.1, -0.05) is 267 Å². The lowest BCUT2D eigenvalue weighted by Crippen LogP contribution is -1.94. The monoisotopic (exact) mass is 1070 g/mol. The fraction of sp³-hybridized carbons (Fsp3) is 0. The first-order valence-electron chi connectivity index (χ1n) is 28.2. The van der Waals surface area contributed by atoms with Crippen LogP contribution in [0.3, 0.4) is 0 Å². The highest BCUT2D eigenvalue weighted by Crippen LogP contribution is 2.49. The summed E-state index contributed by atoms with van der Waals surface area (Å²) in [6.07, 6.45) is 0. The lowest BCUT2D eigenvalue weighted by Gasteiger charge is -2.17. The summed E-state index contributed by atoms with van der Waals surface area (Å²) < 4.78 is 0. The molecular weight excluding hydrogens is 1020 g/mol. The molecule has 0 spiro atoms. The summed E-state index contributed by atoms with van der Waals surface area (Å²) in [5.41, 5.74) is 17.2. The Morgan fingerprint density at radius 2 is 0.429 bits per heavy atom. The predicted octanol–water partition coefficient (Wildman–Crippen LogP) is 18.0. The van der Waals surface area contributed by atoms with E-state index in [1.54, 1.807) is 0 Å². The molecule has 2 aliphatic rings. The zero-order chi connectivity index (χ0) is 55.5. The maximum atomic E-state index is 5.91. The van der Waals surface area contributed by atoms with Crippen molar-refractivity contribution in [1.29, 1.82) is 0 Å². The van der Waals surface area contributed by atoms with Crippen molar-refractivity contribution in [1.82, 2.24) is 39.9 Å². The molecule has 392 valence electrons. The van der Waals surface area contributed by atoms with E-state index in [0.717, 1.165) is 121 Å². The second-order valence-corrected chi connectivity index (χ2v) is 21.0. The Labute approximate surface area is 483 Å². The van der Waals surface area contributed by atoms with Gasteiger partial charge >= 0.3 is 0 Å². The molecule has 2 aliphatic heterocycles. The van der Waals surface area contributed by atoms with Gasteiger partial charge in [-0.25, -0.2) is 29.9 Å². The first kappa shape index (κ1) is 48.4. The van der Waals surface area contributed by atoms with E-state index in [0.29, 0.717) is 45.9 Å². The molecule has 84 heavy (non-hydrogen) atoms. The van der Waals surface area contributed by atoms with Gasteiger partial charge in [-0.05, 0) is 78.2 Å². The van der Waals surface area contributed by atoms with Crippen molar-refractivity contribution in [3.8, 4) is 44.5 Å². The van der Waals surface area contributed by atoms with Crippen LogP contribution in [-0.4, -0.2) is 39.9 Å². The maximum Gasteiger partial charge on any atom is 0.165 e. The fourth-order valence-corrected chi connectivity index (χ4v) is 12.4. The molecule has 8 nitrogen and oxygen atoms in total. The van der Waals surface area contributed by atoms with Crippen LogP contribution >= 0.6 is 0 Å². The molecule has 0 aliphatic carbocycles. The number of benzene rings is 11. The number of hydrogen-bond acceptors (Lipinski definition) is 6. The number of rotatable bonds is 8. The van der Waals surface area contributed by atoms with Crippen molar-refractivity contribution in [3.63, 3.8) is 0 Å². The van der Waals surface area contributed by atoms with Crippen LogP contribution in [0, 0.1) is 0 Å². The summed E-state index contributed by atoms with van der Waals surface area (Å²) in [4.78, 5) is 42.4. The van der Waals surface area contributed by atoms with Crippen molar-refractivity contribution < 1.29 is 0 Å². The van der Waals surface area contributed by atoms with Gasteiger partial charge in [0.25, 0.3) is 0 Å². The van der Waals surface area contributed by atoms with Crippen molar-refractivity contribution in [2.45, 2.75) is 0 Å². The molecule has 0 unspecified atom stereocenters. The third-order valence-electron chi connectivity index (χ3n) is 16.0. The van der Waals surface area contributed by atoms with E-state index < -0.39 is 0 Å². The Hall–Kier alpha value is -11.5. The molecule has 5 heterocycles. The molecule has 2 N–H and O–H groups in total. The van der Waals surface area contributed by atoms with Gasteiger partial charge in [-0.2, -0.15) is 0 Å². The molecule has 0 saturated heterocycles.